The fourth-order valence-corrected chi connectivity index (χ4v) is 4.55. The smallest absolute Gasteiger partial charge is 0.207 e. The molecular formula is C18H19NO2S. The summed E-state index contributed by atoms with van der Waals surface area (Å²) in [5.74, 6) is 0.304. The second-order valence-corrected chi connectivity index (χ2v) is 7.49. The molecule has 1 fully saturated rings. The Kier molecular flexibility index (Phi) is 4.14. The summed E-state index contributed by atoms with van der Waals surface area (Å²) < 4.78 is 27.1. The van der Waals surface area contributed by atoms with E-state index < -0.39 is 10.0 Å². The molecule has 4 heteroatoms. The first-order valence-corrected chi connectivity index (χ1v) is 8.79. The molecule has 1 aliphatic heterocycles. The van der Waals surface area contributed by atoms with E-state index in [2.05, 4.69) is 18.7 Å². The van der Waals surface area contributed by atoms with Gasteiger partial charge in [-0.15, -0.1) is 6.58 Å². The molecule has 1 aliphatic rings. The van der Waals surface area contributed by atoms with Crippen molar-refractivity contribution >= 4 is 10.0 Å². The molecule has 2 aromatic carbocycles. The van der Waals surface area contributed by atoms with Gasteiger partial charge in [0.05, 0.1) is 4.90 Å². The lowest BCUT2D eigenvalue weighted by molar-refractivity contribution is 0.469. The second kappa shape index (κ2) is 6.07. The first-order chi connectivity index (χ1) is 10.6. The minimum absolute atomic E-state index is 0.140. The summed E-state index contributed by atoms with van der Waals surface area (Å²) in [7, 11) is -3.44. The van der Waals surface area contributed by atoms with E-state index in [1.165, 1.54) is 0 Å². The van der Waals surface area contributed by atoms with E-state index in [0.29, 0.717) is 18.0 Å². The molecule has 0 N–H and O–H groups in total. The molecule has 3 rings (SSSR count). The molecule has 0 spiro atoms. The number of hydrogen-bond donors (Lipinski definition) is 0. The van der Waals surface area contributed by atoms with Crippen molar-refractivity contribution in [1.82, 2.24) is 4.31 Å². The van der Waals surface area contributed by atoms with E-state index >= 15 is 0 Å². The van der Waals surface area contributed by atoms with Crippen LogP contribution >= 0.6 is 0 Å². The molecule has 2 atom stereocenters. The van der Waals surface area contributed by atoms with Gasteiger partial charge in [0.1, 0.15) is 0 Å². The molecule has 1 heterocycles. The van der Waals surface area contributed by atoms with Crippen molar-refractivity contribution in [3.05, 3.63) is 78.9 Å². The second-order valence-electron chi connectivity index (χ2n) is 5.55. The van der Waals surface area contributed by atoms with Crippen LogP contribution in [0, 0.1) is 5.92 Å². The van der Waals surface area contributed by atoms with E-state index in [1.807, 2.05) is 30.3 Å². The van der Waals surface area contributed by atoms with Crippen molar-refractivity contribution < 1.29 is 8.42 Å². The molecule has 0 amide bonds. The number of nitrogens with zero attached hydrogens (tertiary/aromatic N) is 1. The van der Waals surface area contributed by atoms with Gasteiger partial charge in [-0.25, -0.2) is 8.42 Å². The quantitative estimate of drug-likeness (QED) is 0.812. The number of sulfonamides is 1. The van der Waals surface area contributed by atoms with Crippen molar-refractivity contribution in [1.29, 1.82) is 0 Å². The van der Waals surface area contributed by atoms with Crippen LogP contribution < -0.4 is 0 Å². The van der Waals surface area contributed by atoms with Crippen molar-refractivity contribution in [2.45, 2.75) is 10.8 Å². The van der Waals surface area contributed by atoms with Gasteiger partial charge >= 0.3 is 0 Å². The number of rotatable bonds is 4. The molecule has 0 saturated carbocycles. The van der Waals surface area contributed by atoms with Gasteiger partial charge in [-0.2, -0.15) is 4.31 Å². The van der Waals surface area contributed by atoms with Gasteiger partial charge in [0, 0.05) is 19.0 Å². The van der Waals surface area contributed by atoms with Crippen molar-refractivity contribution in [3.63, 3.8) is 0 Å². The van der Waals surface area contributed by atoms with Gasteiger partial charge in [0.15, 0.2) is 0 Å². The van der Waals surface area contributed by atoms with Crippen molar-refractivity contribution in [3.8, 4) is 0 Å². The van der Waals surface area contributed by atoms with Gasteiger partial charge in [0.25, 0.3) is 0 Å². The molecule has 114 valence electrons. The highest BCUT2D eigenvalue weighted by molar-refractivity contribution is 7.89. The zero-order valence-electron chi connectivity index (χ0n) is 12.3. The van der Waals surface area contributed by atoms with Crippen LogP contribution in [-0.4, -0.2) is 25.8 Å². The molecule has 2 aromatic rings. The molecule has 3 nitrogen and oxygen atoms in total. The third kappa shape index (κ3) is 2.72. The number of hydrogen-bond acceptors (Lipinski definition) is 2. The van der Waals surface area contributed by atoms with Crippen LogP contribution in [0.4, 0.5) is 0 Å². The average molecular weight is 313 g/mol. The van der Waals surface area contributed by atoms with Gasteiger partial charge in [0.2, 0.25) is 10.0 Å². The zero-order chi connectivity index (χ0) is 15.6. The Morgan fingerprint density at radius 1 is 0.955 bits per heavy atom. The van der Waals surface area contributed by atoms with E-state index in [-0.39, 0.29) is 11.8 Å². The molecular weight excluding hydrogens is 294 g/mol. The molecule has 0 aromatic heterocycles. The summed E-state index contributed by atoms with van der Waals surface area (Å²) in [6.45, 7) is 4.87. The summed E-state index contributed by atoms with van der Waals surface area (Å²) in [6.07, 6.45) is 1.87. The van der Waals surface area contributed by atoms with Gasteiger partial charge in [-0.1, -0.05) is 54.6 Å². The molecule has 0 radical (unpaired) electrons. The van der Waals surface area contributed by atoms with Crippen LogP contribution in [0.25, 0.3) is 0 Å². The molecule has 1 saturated heterocycles. The summed E-state index contributed by atoms with van der Waals surface area (Å²) >= 11 is 0. The maximum absolute atomic E-state index is 12.8. The predicted octanol–water partition coefficient (Wildman–Crippen LogP) is 3.28. The van der Waals surface area contributed by atoms with Crippen LogP contribution in [0.5, 0.6) is 0 Å². The first-order valence-electron chi connectivity index (χ1n) is 7.35. The Morgan fingerprint density at radius 2 is 1.55 bits per heavy atom. The predicted molar refractivity (Wildman–Crippen MR) is 88.1 cm³/mol. The minimum atomic E-state index is -3.44. The van der Waals surface area contributed by atoms with Crippen LogP contribution in [0.3, 0.4) is 0 Å². The van der Waals surface area contributed by atoms with Gasteiger partial charge in [-0.05, 0) is 23.6 Å². The van der Waals surface area contributed by atoms with Crippen LogP contribution in [0.15, 0.2) is 78.2 Å². The third-order valence-corrected chi connectivity index (χ3v) is 6.09. The average Bonchev–Trinajstić information content (AvgIpc) is 3.01. The maximum atomic E-state index is 12.8. The Balaban J connectivity index is 1.90. The lowest BCUT2D eigenvalue weighted by Crippen LogP contribution is -2.29. The highest BCUT2D eigenvalue weighted by atomic mass is 32.2. The van der Waals surface area contributed by atoms with Crippen LogP contribution in [0.2, 0.25) is 0 Å². The fourth-order valence-electron chi connectivity index (χ4n) is 3.02. The Bertz CT molecular complexity index is 741. The standard InChI is InChI=1S/C18H19NO2S/c1-2-15-13-19(14-18(15)16-9-5-3-6-10-16)22(20,21)17-11-7-4-8-12-17/h2-12,15,18H,1,13-14H2. The first kappa shape index (κ1) is 15.0. The topological polar surface area (TPSA) is 37.4 Å². The molecule has 0 bridgehead atoms. The third-order valence-electron chi connectivity index (χ3n) is 4.24. The lowest BCUT2D eigenvalue weighted by atomic mass is 9.89. The maximum Gasteiger partial charge on any atom is 0.243 e. The van der Waals surface area contributed by atoms with Gasteiger partial charge in [-0.3, -0.25) is 0 Å². The molecule has 22 heavy (non-hydrogen) atoms. The Labute approximate surface area is 132 Å². The monoisotopic (exact) mass is 313 g/mol. The molecule has 2 unspecified atom stereocenters. The Hall–Kier alpha value is -1.91. The van der Waals surface area contributed by atoms with E-state index in [0.717, 1.165) is 5.56 Å². The van der Waals surface area contributed by atoms with E-state index in [4.69, 9.17) is 0 Å². The van der Waals surface area contributed by atoms with Crippen molar-refractivity contribution in [2.75, 3.05) is 13.1 Å². The van der Waals surface area contributed by atoms with E-state index in [9.17, 15) is 8.42 Å². The number of benzene rings is 2. The van der Waals surface area contributed by atoms with Crippen LogP contribution in [0.1, 0.15) is 11.5 Å². The zero-order valence-corrected chi connectivity index (χ0v) is 13.1. The lowest BCUT2D eigenvalue weighted by Gasteiger charge is -2.16. The minimum Gasteiger partial charge on any atom is -0.207 e. The summed E-state index contributed by atoms with van der Waals surface area (Å²) in [5.41, 5.74) is 1.16. The molecule has 0 aliphatic carbocycles. The summed E-state index contributed by atoms with van der Waals surface area (Å²) in [4.78, 5) is 0.353. The fraction of sp³-hybridized carbons (Fsp3) is 0.222. The largest absolute Gasteiger partial charge is 0.243 e. The van der Waals surface area contributed by atoms with Crippen LogP contribution in [-0.2, 0) is 10.0 Å². The van der Waals surface area contributed by atoms with Gasteiger partial charge < -0.3 is 0 Å². The van der Waals surface area contributed by atoms with Crippen molar-refractivity contribution in [2.24, 2.45) is 5.92 Å². The summed E-state index contributed by atoms with van der Waals surface area (Å²) in [6, 6.07) is 18.7. The Morgan fingerprint density at radius 3 is 2.14 bits per heavy atom. The van der Waals surface area contributed by atoms with E-state index in [1.54, 1.807) is 28.6 Å². The highest BCUT2D eigenvalue weighted by Gasteiger charge is 2.38. The highest BCUT2D eigenvalue weighted by Crippen LogP contribution is 2.36. The summed E-state index contributed by atoms with van der Waals surface area (Å²) in [5, 5.41) is 0. The SMILES string of the molecule is C=CC1CN(S(=O)(=O)c2ccccc2)CC1c1ccccc1. The normalized spacial score (nSPS) is 22.5.